The first-order valence-corrected chi connectivity index (χ1v) is 4.89. The Kier molecular flexibility index (Phi) is 3.30. The molecule has 0 radical (unpaired) electrons. The largest absolute Gasteiger partial charge is 0.248 e. The predicted molar refractivity (Wildman–Crippen MR) is 59.9 cm³/mol. The minimum atomic E-state index is 0.318. The number of aromatic nitrogens is 1. The number of hydrogen-bond donors (Lipinski definition) is 0. The van der Waals surface area contributed by atoms with Crippen molar-refractivity contribution >= 4 is 0 Å². The lowest BCUT2D eigenvalue weighted by atomic mass is 9.88. The monoisotopic (exact) mass is 187 g/mol. The third-order valence-corrected chi connectivity index (χ3v) is 1.81. The molecule has 1 nitrogen and oxygen atoms in total. The van der Waals surface area contributed by atoms with Crippen LogP contribution in [0.5, 0.6) is 0 Å². The first kappa shape index (κ1) is 10.8. The van der Waals surface area contributed by atoms with Crippen molar-refractivity contribution in [1.82, 2.24) is 4.98 Å². The molecule has 0 aliphatic carbocycles. The van der Waals surface area contributed by atoms with E-state index in [1.807, 2.05) is 13.1 Å². The number of hydrogen-bond acceptors (Lipinski definition) is 1. The molecule has 0 saturated carbocycles. The molecule has 1 aromatic rings. The van der Waals surface area contributed by atoms with Crippen LogP contribution in [0.4, 0.5) is 0 Å². The molecule has 0 N–H and O–H groups in total. The van der Waals surface area contributed by atoms with E-state index in [1.165, 1.54) is 5.56 Å². The Morgan fingerprint density at radius 2 is 2.07 bits per heavy atom. The molecule has 0 spiro atoms. The van der Waals surface area contributed by atoms with Gasteiger partial charge in [0.25, 0.3) is 0 Å². The molecule has 1 heterocycles. The van der Waals surface area contributed by atoms with Crippen LogP contribution in [0, 0.1) is 17.3 Å². The molecule has 0 aromatic carbocycles. The maximum atomic E-state index is 4.19. The standard InChI is InChI=1S/C13H17N/c1-5-6-12-9-11(7-8-14-12)10-13(2,3)4/h7-9H,10H2,1-4H3. The molecule has 1 rings (SSSR count). The molecular formula is C13H17N. The van der Waals surface area contributed by atoms with Crippen molar-refractivity contribution in [3.63, 3.8) is 0 Å². The number of rotatable bonds is 1. The third-order valence-electron chi connectivity index (χ3n) is 1.81. The fraction of sp³-hybridized carbons (Fsp3) is 0.462. The summed E-state index contributed by atoms with van der Waals surface area (Å²) in [6.45, 7) is 8.54. The predicted octanol–water partition coefficient (Wildman–Crippen LogP) is 3.04. The van der Waals surface area contributed by atoms with Crippen LogP contribution in [-0.4, -0.2) is 4.98 Å². The molecular weight excluding hydrogens is 170 g/mol. The zero-order valence-electron chi connectivity index (χ0n) is 9.39. The van der Waals surface area contributed by atoms with Gasteiger partial charge in [-0.1, -0.05) is 26.7 Å². The Bertz CT molecular complexity index is 361. The van der Waals surface area contributed by atoms with Crippen molar-refractivity contribution in [2.24, 2.45) is 5.41 Å². The minimum absolute atomic E-state index is 0.318. The summed E-state index contributed by atoms with van der Waals surface area (Å²) in [7, 11) is 0. The summed E-state index contributed by atoms with van der Waals surface area (Å²) < 4.78 is 0. The second kappa shape index (κ2) is 4.28. The quantitative estimate of drug-likeness (QED) is 0.616. The Balaban J connectivity index is 2.87. The normalized spacial score (nSPS) is 10.6. The lowest BCUT2D eigenvalue weighted by Gasteiger charge is -2.17. The molecule has 0 atom stereocenters. The fourth-order valence-corrected chi connectivity index (χ4v) is 1.39. The van der Waals surface area contributed by atoms with Gasteiger partial charge in [-0.05, 0) is 42.4 Å². The molecule has 0 unspecified atom stereocenters. The van der Waals surface area contributed by atoms with Crippen LogP contribution in [0.2, 0.25) is 0 Å². The van der Waals surface area contributed by atoms with E-state index < -0.39 is 0 Å². The molecule has 74 valence electrons. The average Bonchev–Trinajstić information content (AvgIpc) is 2.02. The molecule has 14 heavy (non-hydrogen) atoms. The lowest BCUT2D eigenvalue weighted by molar-refractivity contribution is 0.411. The van der Waals surface area contributed by atoms with Gasteiger partial charge >= 0.3 is 0 Å². The Hall–Kier alpha value is -1.29. The maximum Gasteiger partial charge on any atom is 0.113 e. The second-order valence-electron chi connectivity index (χ2n) is 4.66. The van der Waals surface area contributed by atoms with Crippen molar-refractivity contribution in [2.45, 2.75) is 34.1 Å². The van der Waals surface area contributed by atoms with E-state index in [9.17, 15) is 0 Å². The third kappa shape index (κ3) is 3.62. The van der Waals surface area contributed by atoms with E-state index in [0.29, 0.717) is 5.41 Å². The molecule has 0 saturated heterocycles. The van der Waals surface area contributed by atoms with Gasteiger partial charge in [-0.2, -0.15) is 0 Å². The van der Waals surface area contributed by atoms with Crippen molar-refractivity contribution in [3.05, 3.63) is 29.6 Å². The SMILES string of the molecule is CC#Cc1cc(CC(C)(C)C)ccn1. The second-order valence-corrected chi connectivity index (χ2v) is 4.66. The van der Waals surface area contributed by atoms with E-state index in [0.717, 1.165) is 12.1 Å². The Labute approximate surface area is 86.6 Å². The van der Waals surface area contributed by atoms with Gasteiger partial charge in [0.2, 0.25) is 0 Å². The lowest BCUT2D eigenvalue weighted by Crippen LogP contribution is -2.09. The molecule has 1 heteroatoms. The van der Waals surface area contributed by atoms with Gasteiger partial charge in [0.15, 0.2) is 0 Å². The van der Waals surface area contributed by atoms with Crippen LogP contribution in [0.15, 0.2) is 18.3 Å². The highest BCUT2D eigenvalue weighted by Gasteiger charge is 2.11. The van der Waals surface area contributed by atoms with Crippen molar-refractivity contribution in [1.29, 1.82) is 0 Å². The molecule has 1 aromatic heterocycles. The van der Waals surface area contributed by atoms with Crippen LogP contribution in [0.25, 0.3) is 0 Å². The summed E-state index contributed by atoms with van der Waals surface area (Å²) in [5.74, 6) is 5.83. The molecule has 0 fully saturated rings. The summed E-state index contributed by atoms with van der Waals surface area (Å²) in [5, 5.41) is 0. The van der Waals surface area contributed by atoms with Crippen LogP contribution < -0.4 is 0 Å². The number of nitrogens with zero attached hydrogens (tertiary/aromatic N) is 1. The Morgan fingerprint density at radius 3 is 2.64 bits per heavy atom. The smallest absolute Gasteiger partial charge is 0.113 e. The van der Waals surface area contributed by atoms with Crippen molar-refractivity contribution < 1.29 is 0 Å². The van der Waals surface area contributed by atoms with E-state index in [1.54, 1.807) is 0 Å². The van der Waals surface area contributed by atoms with Crippen LogP contribution >= 0.6 is 0 Å². The molecule has 0 aliphatic heterocycles. The fourth-order valence-electron chi connectivity index (χ4n) is 1.39. The summed E-state index contributed by atoms with van der Waals surface area (Å²) in [4.78, 5) is 4.19. The number of pyridine rings is 1. The van der Waals surface area contributed by atoms with Gasteiger partial charge < -0.3 is 0 Å². The van der Waals surface area contributed by atoms with E-state index in [2.05, 4.69) is 49.7 Å². The molecule has 0 bridgehead atoms. The average molecular weight is 187 g/mol. The van der Waals surface area contributed by atoms with Gasteiger partial charge in [0, 0.05) is 6.20 Å². The first-order valence-electron chi connectivity index (χ1n) is 4.89. The summed E-state index contributed by atoms with van der Waals surface area (Å²) >= 11 is 0. The van der Waals surface area contributed by atoms with Crippen LogP contribution in [-0.2, 0) is 6.42 Å². The van der Waals surface area contributed by atoms with Gasteiger partial charge in [-0.3, -0.25) is 0 Å². The highest BCUT2D eigenvalue weighted by Crippen LogP contribution is 2.20. The zero-order chi connectivity index (χ0) is 10.6. The van der Waals surface area contributed by atoms with Crippen molar-refractivity contribution in [3.8, 4) is 11.8 Å². The Morgan fingerprint density at radius 1 is 1.36 bits per heavy atom. The summed E-state index contributed by atoms with van der Waals surface area (Å²) in [6.07, 6.45) is 2.90. The van der Waals surface area contributed by atoms with E-state index >= 15 is 0 Å². The zero-order valence-corrected chi connectivity index (χ0v) is 9.39. The van der Waals surface area contributed by atoms with Crippen LogP contribution in [0.1, 0.15) is 39.0 Å². The molecule has 0 aliphatic rings. The first-order chi connectivity index (χ1) is 6.51. The highest BCUT2D eigenvalue weighted by atomic mass is 14.6. The van der Waals surface area contributed by atoms with Gasteiger partial charge in [-0.15, -0.1) is 0 Å². The summed E-state index contributed by atoms with van der Waals surface area (Å²) in [6, 6.07) is 4.13. The van der Waals surface area contributed by atoms with E-state index in [-0.39, 0.29) is 0 Å². The van der Waals surface area contributed by atoms with Gasteiger partial charge in [0.1, 0.15) is 5.69 Å². The van der Waals surface area contributed by atoms with E-state index in [4.69, 9.17) is 0 Å². The maximum absolute atomic E-state index is 4.19. The highest BCUT2D eigenvalue weighted by molar-refractivity contribution is 5.30. The van der Waals surface area contributed by atoms with Gasteiger partial charge in [-0.25, -0.2) is 4.98 Å². The van der Waals surface area contributed by atoms with Crippen LogP contribution in [0.3, 0.4) is 0 Å². The molecule has 0 amide bonds. The minimum Gasteiger partial charge on any atom is -0.248 e. The topological polar surface area (TPSA) is 12.9 Å². The van der Waals surface area contributed by atoms with Crippen molar-refractivity contribution in [2.75, 3.05) is 0 Å². The summed E-state index contributed by atoms with van der Waals surface area (Å²) in [5.41, 5.74) is 2.50. The van der Waals surface area contributed by atoms with Gasteiger partial charge in [0.05, 0.1) is 0 Å².